The lowest BCUT2D eigenvalue weighted by atomic mass is 9.90. The van der Waals surface area contributed by atoms with Gasteiger partial charge >= 0.3 is 12.1 Å². The van der Waals surface area contributed by atoms with Crippen LogP contribution in [0.5, 0.6) is 0 Å². The number of halogens is 3. The standard InChI is InChI=1S/C30H32F3NO3/c1-2-36-28(35)19-26-17-18-27(29(37-26)24-13-15-25(16-14-24)30(31,32)33)34(20-22-9-5-3-6-10-22)21-23-11-7-4-8-12-23/h3-16,26-27,29H,2,17-21H2,1H3/t26-,27+,29-/m0/s1. The SMILES string of the molecule is CCOC(=O)C[C@@H]1CC[C@@H](N(Cc2ccccc2)Cc2ccccc2)[C@H](c2ccc(C(F)(F)F)cc2)O1. The fourth-order valence-electron chi connectivity index (χ4n) is 4.89. The third kappa shape index (κ3) is 7.43. The van der Waals surface area contributed by atoms with Crippen molar-refractivity contribution in [2.24, 2.45) is 0 Å². The molecule has 1 saturated heterocycles. The molecular weight excluding hydrogens is 479 g/mol. The topological polar surface area (TPSA) is 38.8 Å². The summed E-state index contributed by atoms with van der Waals surface area (Å²) >= 11 is 0. The predicted molar refractivity (Wildman–Crippen MR) is 135 cm³/mol. The maximum absolute atomic E-state index is 13.2. The zero-order valence-corrected chi connectivity index (χ0v) is 20.9. The molecule has 3 aromatic rings. The molecule has 0 aromatic heterocycles. The number of rotatable bonds is 9. The van der Waals surface area contributed by atoms with Gasteiger partial charge in [-0.05, 0) is 48.6 Å². The minimum atomic E-state index is -4.41. The van der Waals surface area contributed by atoms with E-state index >= 15 is 0 Å². The van der Waals surface area contributed by atoms with Crippen LogP contribution in [0, 0.1) is 0 Å². The van der Waals surface area contributed by atoms with Crippen molar-refractivity contribution < 1.29 is 27.4 Å². The van der Waals surface area contributed by atoms with Gasteiger partial charge in [-0.1, -0.05) is 72.8 Å². The zero-order valence-electron chi connectivity index (χ0n) is 20.9. The molecule has 1 fully saturated rings. The van der Waals surface area contributed by atoms with Gasteiger partial charge in [0.25, 0.3) is 0 Å². The van der Waals surface area contributed by atoms with Crippen molar-refractivity contribution in [2.45, 2.75) is 63.7 Å². The number of esters is 1. The first-order chi connectivity index (χ1) is 17.8. The number of alkyl halides is 3. The van der Waals surface area contributed by atoms with Crippen molar-refractivity contribution in [3.8, 4) is 0 Å². The molecule has 3 aromatic carbocycles. The third-order valence-corrected chi connectivity index (χ3v) is 6.67. The molecular formula is C30H32F3NO3. The average molecular weight is 512 g/mol. The fourth-order valence-corrected chi connectivity index (χ4v) is 4.89. The van der Waals surface area contributed by atoms with E-state index in [4.69, 9.17) is 9.47 Å². The second-order valence-electron chi connectivity index (χ2n) is 9.33. The van der Waals surface area contributed by atoms with Gasteiger partial charge in [-0.3, -0.25) is 9.69 Å². The highest BCUT2D eigenvalue weighted by molar-refractivity contribution is 5.69. The zero-order chi connectivity index (χ0) is 26.3. The number of benzene rings is 3. The van der Waals surface area contributed by atoms with E-state index < -0.39 is 17.8 Å². The second-order valence-corrected chi connectivity index (χ2v) is 9.33. The summed E-state index contributed by atoms with van der Waals surface area (Å²) in [5.41, 5.74) is 2.24. The van der Waals surface area contributed by atoms with Crippen LogP contribution in [-0.4, -0.2) is 29.6 Å². The normalized spacial score (nSPS) is 20.1. The summed E-state index contributed by atoms with van der Waals surface area (Å²) in [6.45, 7) is 3.36. The van der Waals surface area contributed by atoms with Gasteiger partial charge in [-0.2, -0.15) is 13.2 Å². The van der Waals surface area contributed by atoms with Crippen LogP contribution < -0.4 is 0 Å². The molecule has 0 spiro atoms. The quantitative estimate of drug-likeness (QED) is 0.292. The molecule has 1 aliphatic rings. The van der Waals surface area contributed by atoms with Crippen molar-refractivity contribution in [2.75, 3.05) is 6.61 Å². The monoisotopic (exact) mass is 511 g/mol. The van der Waals surface area contributed by atoms with Gasteiger partial charge in [0.05, 0.1) is 30.8 Å². The molecule has 4 nitrogen and oxygen atoms in total. The Kier molecular flexibility index (Phi) is 9.00. The number of hydrogen-bond acceptors (Lipinski definition) is 4. The molecule has 3 atom stereocenters. The molecule has 7 heteroatoms. The molecule has 196 valence electrons. The fraction of sp³-hybridized carbons (Fsp3) is 0.367. The van der Waals surface area contributed by atoms with Gasteiger partial charge in [0, 0.05) is 19.1 Å². The number of carbonyl (C=O) groups excluding carboxylic acids is 1. The molecule has 0 N–H and O–H groups in total. The molecule has 0 radical (unpaired) electrons. The van der Waals surface area contributed by atoms with E-state index in [9.17, 15) is 18.0 Å². The first-order valence-corrected chi connectivity index (χ1v) is 12.6. The Bertz CT molecular complexity index is 1080. The highest BCUT2D eigenvalue weighted by atomic mass is 19.4. The number of carbonyl (C=O) groups is 1. The molecule has 1 heterocycles. The average Bonchev–Trinajstić information content (AvgIpc) is 2.89. The molecule has 1 aliphatic heterocycles. The van der Waals surface area contributed by atoms with Crippen LogP contribution in [0.15, 0.2) is 84.9 Å². The Morgan fingerprint density at radius 2 is 1.46 bits per heavy atom. The number of ether oxygens (including phenoxy) is 2. The first kappa shape index (κ1) is 26.9. The number of nitrogens with zero attached hydrogens (tertiary/aromatic N) is 1. The largest absolute Gasteiger partial charge is 0.466 e. The van der Waals surface area contributed by atoms with Gasteiger partial charge in [0.2, 0.25) is 0 Å². The summed E-state index contributed by atoms with van der Waals surface area (Å²) in [4.78, 5) is 14.5. The molecule has 0 aliphatic carbocycles. The van der Waals surface area contributed by atoms with E-state index in [0.717, 1.165) is 29.7 Å². The van der Waals surface area contributed by atoms with Crippen LogP contribution in [0.4, 0.5) is 13.2 Å². The van der Waals surface area contributed by atoms with Crippen LogP contribution in [0.1, 0.15) is 54.5 Å². The van der Waals surface area contributed by atoms with Gasteiger partial charge in [0.1, 0.15) is 0 Å². The Balaban J connectivity index is 1.65. The molecule has 4 rings (SSSR count). The van der Waals surface area contributed by atoms with Crippen LogP contribution >= 0.6 is 0 Å². The van der Waals surface area contributed by atoms with Crippen LogP contribution in [0.25, 0.3) is 0 Å². The maximum atomic E-state index is 13.2. The third-order valence-electron chi connectivity index (χ3n) is 6.67. The van der Waals surface area contributed by atoms with Crippen molar-refractivity contribution >= 4 is 5.97 Å². The van der Waals surface area contributed by atoms with Crippen molar-refractivity contribution in [1.29, 1.82) is 0 Å². The van der Waals surface area contributed by atoms with Crippen LogP contribution in [0.3, 0.4) is 0 Å². The molecule has 0 amide bonds. The Morgan fingerprint density at radius 3 is 1.97 bits per heavy atom. The molecule has 0 unspecified atom stereocenters. The van der Waals surface area contributed by atoms with Gasteiger partial charge in [-0.25, -0.2) is 0 Å². The lowest BCUT2D eigenvalue weighted by Crippen LogP contribution is -2.45. The summed E-state index contributed by atoms with van der Waals surface area (Å²) in [5, 5.41) is 0. The molecule has 37 heavy (non-hydrogen) atoms. The number of hydrogen-bond donors (Lipinski definition) is 0. The highest BCUT2D eigenvalue weighted by Crippen LogP contribution is 2.38. The Morgan fingerprint density at radius 1 is 0.892 bits per heavy atom. The minimum Gasteiger partial charge on any atom is -0.466 e. The van der Waals surface area contributed by atoms with Crippen LogP contribution in [0.2, 0.25) is 0 Å². The van der Waals surface area contributed by atoms with Crippen molar-refractivity contribution in [1.82, 2.24) is 4.90 Å². The van der Waals surface area contributed by atoms with E-state index in [1.165, 1.54) is 12.1 Å². The minimum absolute atomic E-state index is 0.101. The second kappa shape index (κ2) is 12.4. The summed E-state index contributed by atoms with van der Waals surface area (Å²) in [6, 6.07) is 25.3. The van der Waals surface area contributed by atoms with Crippen LogP contribution in [-0.2, 0) is 33.5 Å². The summed E-state index contributed by atoms with van der Waals surface area (Å²) in [6.07, 6.45) is -3.77. The highest BCUT2D eigenvalue weighted by Gasteiger charge is 2.38. The van der Waals surface area contributed by atoms with Gasteiger partial charge in [-0.15, -0.1) is 0 Å². The van der Waals surface area contributed by atoms with E-state index in [0.29, 0.717) is 31.7 Å². The summed E-state index contributed by atoms with van der Waals surface area (Å²) in [7, 11) is 0. The van der Waals surface area contributed by atoms with Crippen molar-refractivity contribution in [3.05, 3.63) is 107 Å². The lowest BCUT2D eigenvalue weighted by molar-refractivity contribution is -0.153. The predicted octanol–water partition coefficient (Wildman–Crippen LogP) is 6.95. The van der Waals surface area contributed by atoms with E-state index in [-0.39, 0.29) is 24.5 Å². The Hall–Kier alpha value is -3.16. The van der Waals surface area contributed by atoms with E-state index in [1.54, 1.807) is 6.92 Å². The van der Waals surface area contributed by atoms with Gasteiger partial charge in [0.15, 0.2) is 0 Å². The smallest absolute Gasteiger partial charge is 0.416 e. The summed E-state index contributed by atoms with van der Waals surface area (Å²) < 4.78 is 51.3. The molecule has 0 bridgehead atoms. The molecule has 0 saturated carbocycles. The Labute approximate surface area is 216 Å². The first-order valence-electron chi connectivity index (χ1n) is 12.6. The van der Waals surface area contributed by atoms with E-state index in [1.807, 2.05) is 36.4 Å². The van der Waals surface area contributed by atoms with Gasteiger partial charge < -0.3 is 9.47 Å². The van der Waals surface area contributed by atoms with E-state index in [2.05, 4.69) is 29.2 Å². The summed E-state index contributed by atoms with van der Waals surface area (Å²) in [5.74, 6) is -0.331. The van der Waals surface area contributed by atoms with Crippen molar-refractivity contribution in [3.63, 3.8) is 0 Å². The maximum Gasteiger partial charge on any atom is 0.416 e. The lowest BCUT2D eigenvalue weighted by Gasteiger charge is -2.43.